The Bertz CT molecular complexity index is 2480. The molecule has 0 aliphatic carbocycles. The second-order valence-corrected chi connectivity index (χ2v) is 14.4. The van der Waals surface area contributed by atoms with E-state index in [9.17, 15) is 0 Å². The van der Waals surface area contributed by atoms with Crippen molar-refractivity contribution in [3.05, 3.63) is 230 Å². The largest absolute Gasteiger partial charge is 0.384 e. The number of anilines is 6. The van der Waals surface area contributed by atoms with Crippen LogP contribution in [0.1, 0.15) is 23.4 Å². The maximum Gasteiger partial charge on any atom is 0.301 e. The lowest BCUT2D eigenvalue weighted by atomic mass is 9.42. The van der Waals surface area contributed by atoms with E-state index in [1.54, 1.807) is 0 Å². The quantitative estimate of drug-likeness (QED) is 0.142. The molecule has 8 aromatic carbocycles. The number of aryl methyl sites for hydroxylation is 1. The van der Waals surface area contributed by atoms with E-state index < -0.39 is 0 Å². The third kappa shape index (κ3) is 7.49. The van der Waals surface area contributed by atoms with Crippen molar-refractivity contribution < 1.29 is 0 Å². The average molecular weight is 719 g/mol. The second kappa shape index (κ2) is 16.3. The summed E-state index contributed by atoms with van der Waals surface area (Å²) in [6.07, 6.45) is 2.11. The molecule has 1 heterocycles. The van der Waals surface area contributed by atoms with Gasteiger partial charge in [-0.05, 0) is 95.5 Å². The van der Waals surface area contributed by atoms with Crippen LogP contribution in [0.3, 0.4) is 0 Å². The molecule has 0 saturated heterocycles. The van der Waals surface area contributed by atoms with Crippen LogP contribution in [0.2, 0.25) is 0 Å². The number of rotatable bonds is 10. The van der Waals surface area contributed by atoms with Gasteiger partial charge < -0.3 is 14.9 Å². The van der Waals surface area contributed by atoms with Gasteiger partial charge in [-0.3, -0.25) is 0 Å². The number of nitrogens with zero attached hydrogens (tertiary/aromatic N) is 2. The first kappa shape index (κ1) is 35.0. The van der Waals surface area contributed by atoms with E-state index in [1.807, 2.05) is 6.07 Å². The van der Waals surface area contributed by atoms with Gasteiger partial charge in [0.25, 0.3) is 7.41 Å². The molecular formula is C51H42B2N3. The molecule has 3 nitrogen and oxygen atoms in total. The Labute approximate surface area is 332 Å². The summed E-state index contributed by atoms with van der Waals surface area (Å²) in [4.78, 5) is 4.85. The van der Waals surface area contributed by atoms with E-state index in [2.05, 4.69) is 235 Å². The van der Waals surface area contributed by atoms with Crippen LogP contribution in [-0.2, 0) is 6.42 Å². The zero-order chi connectivity index (χ0) is 37.5. The number of nitrogens with one attached hydrogen (secondary N) is 1. The van der Waals surface area contributed by atoms with Crippen molar-refractivity contribution in [3.63, 3.8) is 0 Å². The zero-order valence-electron chi connectivity index (χ0n) is 31.3. The van der Waals surface area contributed by atoms with Crippen LogP contribution in [0.25, 0.3) is 11.1 Å². The molecule has 1 unspecified atom stereocenters. The molecule has 56 heavy (non-hydrogen) atoms. The van der Waals surface area contributed by atoms with E-state index in [0.717, 1.165) is 41.1 Å². The summed E-state index contributed by atoms with van der Waals surface area (Å²) in [7, 11) is 2.22. The molecule has 0 amide bonds. The highest BCUT2D eigenvalue weighted by Crippen LogP contribution is 2.40. The highest BCUT2D eigenvalue weighted by Gasteiger charge is 2.39. The minimum atomic E-state index is 0.123. The number of benzene rings is 8. The Morgan fingerprint density at radius 2 is 1.11 bits per heavy atom. The van der Waals surface area contributed by atoms with Crippen LogP contribution < -0.4 is 25.9 Å². The smallest absolute Gasteiger partial charge is 0.301 e. The summed E-state index contributed by atoms with van der Waals surface area (Å²) < 4.78 is 0. The van der Waals surface area contributed by atoms with Gasteiger partial charge in [0.15, 0.2) is 0 Å². The Morgan fingerprint density at radius 1 is 0.536 bits per heavy atom. The van der Waals surface area contributed by atoms with Crippen LogP contribution in [0.4, 0.5) is 34.1 Å². The molecule has 1 aliphatic heterocycles. The molecule has 1 aliphatic rings. The predicted octanol–water partition coefficient (Wildman–Crippen LogP) is 11.5. The van der Waals surface area contributed by atoms with Crippen LogP contribution in [0, 0.1) is 0 Å². The van der Waals surface area contributed by atoms with Gasteiger partial charge in [0, 0.05) is 22.7 Å². The van der Waals surface area contributed by atoms with Gasteiger partial charge in [0.2, 0.25) is 0 Å². The monoisotopic (exact) mass is 718 g/mol. The van der Waals surface area contributed by atoms with Crippen LogP contribution >= 0.6 is 0 Å². The Hall–Kier alpha value is -6.71. The van der Waals surface area contributed by atoms with Gasteiger partial charge >= 0.3 is 6.85 Å². The van der Waals surface area contributed by atoms with Crippen LogP contribution in [0.5, 0.6) is 0 Å². The zero-order valence-corrected chi connectivity index (χ0v) is 31.3. The molecule has 0 spiro atoms. The molecule has 0 fully saturated rings. The molecule has 1 N–H and O–H groups in total. The minimum absolute atomic E-state index is 0.123. The van der Waals surface area contributed by atoms with Gasteiger partial charge in [-0.2, -0.15) is 0 Å². The second-order valence-electron chi connectivity index (χ2n) is 14.4. The summed E-state index contributed by atoms with van der Waals surface area (Å²) in [5.74, 6) is 0.310. The number of hydrogen-bond donors (Lipinski definition) is 1. The van der Waals surface area contributed by atoms with Gasteiger partial charge in [0.05, 0.1) is 11.4 Å². The van der Waals surface area contributed by atoms with E-state index in [-0.39, 0.29) is 6.85 Å². The molecular weight excluding hydrogens is 676 g/mol. The van der Waals surface area contributed by atoms with Gasteiger partial charge in [0.1, 0.15) is 0 Å². The fraction of sp³-hybridized carbons (Fsp3) is 0.0588. The highest BCUT2D eigenvalue weighted by atomic mass is 15.1. The van der Waals surface area contributed by atoms with Crippen molar-refractivity contribution in [2.45, 2.75) is 18.7 Å². The van der Waals surface area contributed by atoms with Crippen molar-refractivity contribution in [2.24, 2.45) is 0 Å². The van der Waals surface area contributed by atoms with Crippen LogP contribution in [-0.4, -0.2) is 14.3 Å². The summed E-state index contributed by atoms with van der Waals surface area (Å²) in [5, 5.41) is 3.63. The summed E-state index contributed by atoms with van der Waals surface area (Å²) >= 11 is 0. The minimum Gasteiger partial charge on any atom is -0.384 e. The SMILES string of the molecule is [B](c1ccc(-c2ccc(B3C(c4ccccc4)CCc4ccccc4N3c3ccccc3)cc2)cc1)N(c1ccccc1)c1ccccc1Nc1ccccc1. The summed E-state index contributed by atoms with van der Waals surface area (Å²) in [6.45, 7) is 0.123. The Balaban J connectivity index is 1.03. The normalized spacial score (nSPS) is 13.7. The molecule has 0 aromatic heterocycles. The van der Waals surface area contributed by atoms with Gasteiger partial charge in [-0.1, -0.05) is 175 Å². The van der Waals surface area contributed by atoms with E-state index in [4.69, 9.17) is 0 Å². The number of para-hydroxylation sites is 6. The first-order chi connectivity index (χ1) is 27.8. The first-order valence-electron chi connectivity index (χ1n) is 19.6. The first-order valence-corrected chi connectivity index (χ1v) is 19.6. The molecule has 267 valence electrons. The molecule has 1 atom stereocenters. The molecule has 5 heteroatoms. The third-order valence-electron chi connectivity index (χ3n) is 10.9. The maximum absolute atomic E-state index is 3.63. The molecule has 9 rings (SSSR count). The molecule has 8 aromatic rings. The van der Waals surface area contributed by atoms with Crippen LogP contribution in [0.15, 0.2) is 218 Å². The Morgan fingerprint density at radius 3 is 1.82 bits per heavy atom. The molecule has 0 saturated carbocycles. The molecule has 1 radical (unpaired) electrons. The van der Waals surface area contributed by atoms with Gasteiger partial charge in [-0.15, -0.1) is 0 Å². The van der Waals surface area contributed by atoms with Crippen molar-refractivity contribution >= 4 is 59.3 Å². The summed E-state index contributed by atoms with van der Waals surface area (Å²) in [5.41, 5.74) is 14.4. The van der Waals surface area contributed by atoms with E-state index >= 15 is 0 Å². The maximum atomic E-state index is 3.63. The van der Waals surface area contributed by atoms with Crippen molar-refractivity contribution in [1.29, 1.82) is 0 Å². The van der Waals surface area contributed by atoms with Gasteiger partial charge in [-0.25, -0.2) is 0 Å². The standard InChI is InChI=1S/C51H42B2N3/c1-5-17-41(18-6-1)48-38-33-42-19-13-15-27-50(42)56(47-24-11-4-12-25-47)53(48)44-36-31-40(32-37-44)39-29-34-43(35-30-39)52-55(46-22-9-3-10-23-46)51-28-16-14-26-49(51)54-45-20-7-2-8-21-45/h1-32,34-37,48,54H,33,38H2. The van der Waals surface area contributed by atoms with E-state index in [0.29, 0.717) is 5.82 Å². The summed E-state index contributed by atoms with van der Waals surface area (Å²) in [6, 6.07) is 78.6. The Kier molecular flexibility index (Phi) is 10.2. The van der Waals surface area contributed by atoms with Crippen molar-refractivity contribution in [2.75, 3.05) is 14.9 Å². The lowest BCUT2D eigenvalue weighted by molar-refractivity contribution is 0.788. The van der Waals surface area contributed by atoms with Crippen molar-refractivity contribution in [3.8, 4) is 11.1 Å². The van der Waals surface area contributed by atoms with E-state index in [1.165, 1.54) is 39.1 Å². The average Bonchev–Trinajstić information content (AvgIpc) is 3.45. The van der Waals surface area contributed by atoms with Crippen molar-refractivity contribution in [1.82, 2.24) is 0 Å². The third-order valence-corrected chi connectivity index (χ3v) is 10.9. The topological polar surface area (TPSA) is 18.5 Å². The molecule has 0 bridgehead atoms. The number of fused-ring (bicyclic) bond motifs is 1. The highest BCUT2D eigenvalue weighted by molar-refractivity contribution is 6.79. The number of hydrogen-bond acceptors (Lipinski definition) is 3. The lowest BCUT2D eigenvalue weighted by Gasteiger charge is -2.36. The lowest BCUT2D eigenvalue weighted by Crippen LogP contribution is -2.50. The predicted molar refractivity (Wildman–Crippen MR) is 240 cm³/mol. The fourth-order valence-electron chi connectivity index (χ4n) is 8.20. The fourth-order valence-corrected chi connectivity index (χ4v) is 8.20.